The van der Waals surface area contributed by atoms with Crippen molar-refractivity contribution in [3.63, 3.8) is 0 Å². The maximum Gasteiger partial charge on any atom is 0.307 e. The lowest BCUT2D eigenvalue weighted by Gasteiger charge is -2.19. The Labute approximate surface area is 122 Å². The summed E-state index contributed by atoms with van der Waals surface area (Å²) in [4.78, 5) is 20.2. The summed E-state index contributed by atoms with van der Waals surface area (Å²) in [6, 6.07) is 9.48. The number of aromatic nitrogens is 3. The zero-order chi connectivity index (χ0) is 14.7. The Morgan fingerprint density at radius 1 is 1.29 bits per heavy atom. The van der Waals surface area contributed by atoms with Gasteiger partial charge in [0, 0.05) is 24.8 Å². The van der Waals surface area contributed by atoms with Crippen molar-refractivity contribution in [3.05, 3.63) is 60.7 Å². The van der Waals surface area contributed by atoms with E-state index in [4.69, 9.17) is 4.74 Å². The number of rotatable bonds is 4. The first-order valence-corrected chi connectivity index (χ1v) is 6.68. The highest BCUT2D eigenvalue weighted by molar-refractivity contribution is 5.76. The minimum absolute atomic E-state index is 0.159. The fourth-order valence-electron chi connectivity index (χ4n) is 2.45. The lowest BCUT2D eigenvalue weighted by Crippen LogP contribution is -2.15. The number of methoxy groups -OCH3 is 1. The van der Waals surface area contributed by atoms with Crippen LogP contribution in [0.15, 0.2) is 55.1 Å². The molecule has 0 saturated heterocycles. The van der Waals surface area contributed by atoms with Crippen LogP contribution < -0.4 is 0 Å². The fourth-order valence-corrected chi connectivity index (χ4v) is 2.45. The van der Waals surface area contributed by atoms with E-state index in [9.17, 15) is 4.79 Å². The molecule has 0 fully saturated rings. The molecule has 0 aliphatic carbocycles. The molecule has 0 spiro atoms. The van der Waals surface area contributed by atoms with E-state index in [1.807, 2.05) is 41.1 Å². The second kappa shape index (κ2) is 5.75. The van der Waals surface area contributed by atoms with Crippen molar-refractivity contribution in [1.82, 2.24) is 14.5 Å². The number of nitrogens with zero attached hydrogens (tertiary/aromatic N) is 3. The number of hydrogen-bond donors (Lipinski definition) is 0. The summed E-state index contributed by atoms with van der Waals surface area (Å²) in [6.45, 7) is 0. The summed E-state index contributed by atoms with van der Waals surface area (Å²) >= 11 is 0. The largest absolute Gasteiger partial charge is 0.469 e. The zero-order valence-corrected chi connectivity index (χ0v) is 11.6. The monoisotopic (exact) mass is 281 g/mol. The first-order valence-electron chi connectivity index (χ1n) is 6.68. The van der Waals surface area contributed by atoms with Crippen molar-refractivity contribution in [2.24, 2.45) is 0 Å². The van der Waals surface area contributed by atoms with Crippen molar-refractivity contribution >= 4 is 17.0 Å². The van der Waals surface area contributed by atoms with Crippen LogP contribution in [0.2, 0.25) is 0 Å². The van der Waals surface area contributed by atoms with Crippen molar-refractivity contribution in [2.45, 2.75) is 12.5 Å². The number of pyridine rings is 2. The molecule has 106 valence electrons. The van der Waals surface area contributed by atoms with E-state index in [0.717, 1.165) is 16.6 Å². The van der Waals surface area contributed by atoms with Crippen LogP contribution >= 0.6 is 0 Å². The lowest BCUT2D eigenvalue weighted by atomic mass is 10.1. The van der Waals surface area contributed by atoms with Crippen molar-refractivity contribution in [1.29, 1.82) is 0 Å². The quantitative estimate of drug-likeness (QED) is 0.690. The highest BCUT2D eigenvalue weighted by Gasteiger charge is 2.20. The Morgan fingerprint density at radius 2 is 2.14 bits per heavy atom. The number of esters is 1. The van der Waals surface area contributed by atoms with Crippen molar-refractivity contribution < 1.29 is 9.53 Å². The third-order valence-electron chi connectivity index (χ3n) is 3.48. The minimum atomic E-state index is -0.255. The molecule has 0 aliphatic rings. The van der Waals surface area contributed by atoms with E-state index < -0.39 is 0 Å². The summed E-state index contributed by atoms with van der Waals surface area (Å²) < 4.78 is 6.86. The zero-order valence-electron chi connectivity index (χ0n) is 11.6. The van der Waals surface area contributed by atoms with Gasteiger partial charge in [0.15, 0.2) is 0 Å². The van der Waals surface area contributed by atoms with Gasteiger partial charge in [0.1, 0.15) is 0 Å². The standard InChI is InChI=1S/C16H15N3O2/c1-21-16(20)10-15(12-4-2-7-17-11-12)19-9-6-13-14(19)5-3-8-18-13/h2-9,11,15H,10H2,1H3. The predicted molar refractivity (Wildman–Crippen MR) is 78.7 cm³/mol. The minimum Gasteiger partial charge on any atom is -0.469 e. The molecule has 3 aromatic rings. The molecule has 21 heavy (non-hydrogen) atoms. The molecular formula is C16H15N3O2. The number of carbonyl (C=O) groups is 1. The van der Waals surface area contributed by atoms with Crippen molar-refractivity contribution in [2.75, 3.05) is 7.11 Å². The molecule has 3 aromatic heterocycles. The van der Waals surface area contributed by atoms with Gasteiger partial charge in [-0.2, -0.15) is 0 Å². The normalized spacial score (nSPS) is 12.2. The molecule has 0 aliphatic heterocycles. The van der Waals surface area contributed by atoms with E-state index in [-0.39, 0.29) is 18.4 Å². The molecule has 1 unspecified atom stereocenters. The second-order valence-corrected chi connectivity index (χ2v) is 4.71. The third kappa shape index (κ3) is 2.63. The van der Waals surface area contributed by atoms with Gasteiger partial charge in [-0.25, -0.2) is 0 Å². The number of fused-ring (bicyclic) bond motifs is 1. The number of carbonyl (C=O) groups excluding carboxylic acids is 1. The SMILES string of the molecule is COC(=O)CC(c1cccnc1)n1ccc2ncccc21. The molecule has 0 amide bonds. The van der Waals surface area contributed by atoms with Gasteiger partial charge in [0.05, 0.1) is 30.6 Å². The van der Waals surface area contributed by atoms with E-state index in [0.29, 0.717) is 0 Å². The summed E-state index contributed by atoms with van der Waals surface area (Å²) in [5.41, 5.74) is 2.84. The molecule has 0 radical (unpaired) electrons. The third-order valence-corrected chi connectivity index (χ3v) is 3.48. The maximum atomic E-state index is 11.8. The molecule has 3 rings (SSSR count). The molecular weight excluding hydrogens is 266 g/mol. The maximum absolute atomic E-state index is 11.8. The highest BCUT2D eigenvalue weighted by Crippen LogP contribution is 2.26. The molecule has 5 heteroatoms. The van der Waals surface area contributed by atoms with Gasteiger partial charge in [-0.05, 0) is 29.8 Å². The van der Waals surface area contributed by atoms with Gasteiger partial charge in [-0.3, -0.25) is 14.8 Å². The topological polar surface area (TPSA) is 57.0 Å². The summed E-state index contributed by atoms with van der Waals surface area (Å²) in [7, 11) is 1.40. The van der Waals surface area contributed by atoms with E-state index in [2.05, 4.69) is 9.97 Å². The smallest absolute Gasteiger partial charge is 0.307 e. The summed E-state index contributed by atoms with van der Waals surface area (Å²) in [5, 5.41) is 0. The Bertz CT molecular complexity index is 752. The molecule has 1 atom stereocenters. The van der Waals surface area contributed by atoms with Gasteiger partial charge in [0.2, 0.25) is 0 Å². The molecule has 0 saturated carbocycles. The van der Waals surface area contributed by atoms with E-state index >= 15 is 0 Å². The average molecular weight is 281 g/mol. The Hall–Kier alpha value is -2.69. The first kappa shape index (κ1) is 13.3. The average Bonchev–Trinajstić information content (AvgIpc) is 2.97. The number of ether oxygens (including phenoxy) is 1. The molecule has 0 bridgehead atoms. The van der Waals surface area contributed by atoms with Gasteiger partial charge >= 0.3 is 5.97 Å². The summed E-state index contributed by atoms with van der Waals surface area (Å²) in [5.74, 6) is -0.255. The van der Waals surface area contributed by atoms with Gasteiger partial charge in [-0.15, -0.1) is 0 Å². The second-order valence-electron chi connectivity index (χ2n) is 4.71. The van der Waals surface area contributed by atoms with Crippen molar-refractivity contribution in [3.8, 4) is 0 Å². The van der Waals surface area contributed by atoms with Crippen LogP contribution in [-0.2, 0) is 9.53 Å². The van der Waals surface area contributed by atoms with Gasteiger partial charge in [0.25, 0.3) is 0 Å². The molecule has 3 heterocycles. The lowest BCUT2D eigenvalue weighted by molar-refractivity contribution is -0.141. The number of hydrogen-bond acceptors (Lipinski definition) is 4. The van der Waals surface area contributed by atoms with E-state index in [1.54, 1.807) is 18.6 Å². The van der Waals surface area contributed by atoms with Crippen LogP contribution in [0, 0.1) is 0 Å². The fraction of sp³-hybridized carbons (Fsp3) is 0.188. The van der Waals surface area contributed by atoms with Crippen LogP contribution in [0.25, 0.3) is 11.0 Å². The molecule has 0 N–H and O–H groups in total. The summed E-state index contributed by atoms with van der Waals surface area (Å²) in [6.07, 6.45) is 7.44. The van der Waals surface area contributed by atoms with Crippen LogP contribution in [0.5, 0.6) is 0 Å². The van der Waals surface area contributed by atoms with Crippen LogP contribution in [0.4, 0.5) is 0 Å². The van der Waals surface area contributed by atoms with Gasteiger partial charge in [-0.1, -0.05) is 6.07 Å². The Balaban J connectivity index is 2.08. The van der Waals surface area contributed by atoms with E-state index in [1.165, 1.54) is 7.11 Å². The molecule has 5 nitrogen and oxygen atoms in total. The highest BCUT2D eigenvalue weighted by atomic mass is 16.5. The van der Waals surface area contributed by atoms with Crippen LogP contribution in [0.3, 0.4) is 0 Å². The Kier molecular flexibility index (Phi) is 3.64. The van der Waals surface area contributed by atoms with Gasteiger partial charge < -0.3 is 9.30 Å². The predicted octanol–water partition coefficient (Wildman–Crippen LogP) is 2.58. The molecule has 0 aromatic carbocycles. The van der Waals surface area contributed by atoms with Crippen LogP contribution in [0.1, 0.15) is 18.0 Å². The Morgan fingerprint density at radius 3 is 2.90 bits per heavy atom. The first-order chi connectivity index (χ1) is 10.3. The van der Waals surface area contributed by atoms with Crippen LogP contribution in [-0.4, -0.2) is 27.6 Å².